The van der Waals surface area contributed by atoms with Crippen molar-refractivity contribution in [1.82, 2.24) is 20.3 Å². The van der Waals surface area contributed by atoms with Crippen LogP contribution >= 0.6 is 31.9 Å². The molecular formula is C14H18Br2N4O. The van der Waals surface area contributed by atoms with Crippen LogP contribution in [0, 0.1) is 5.92 Å². The van der Waals surface area contributed by atoms with Gasteiger partial charge in [-0.15, -0.1) is 5.10 Å². The number of methoxy groups -OCH3 is 1. The number of aromatic nitrogens is 3. The van der Waals surface area contributed by atoms with Crippen LogP contribution in [0.1, 0.15) is 19.5 Å². The second-order valence-corrected chi connectivity index (χ2v) is 6.83. The van der Waals surface area contributed by atoms with Crippen molar-refractivity contribution < 1.29 is 4.74 Å². The molecular weight excluding hydrogens is 400 g/mol. The van der Waals surface area contributed by atoms with Crippen molar-refractivity contribution in [2.24, 2.45) is 5.92 Å². The Kier molecular flexibility index (Phi) is 5.78. The Hall–Kier alpha value is -0.920. The first-order valence-corrected chi connectivity index (χ1v) is 8.25. The predicted molar refractivity (Wildman–Crippen MR) is 89.9 cm³/mol. The summed E-state index contributed by atoms with van der Waals surface area (Å²) in [6, 6.07) is 3.85. The highest BCUT2D eigenvalue weighted by molar-refractivity contribution is 9.11. The lowest BCUT2D eigenvalue weighted by Gasteiger charge is -2.08. The first kappa shape index (κ1) is 16.5. The number of halogens is 2. The summed E-state index contributed by atoms with van der Waals surface area (Å²) in [4.78, 5) is 0. The average Bonchev–Trinajstić information content (AvgIpc) is 2.87. The Balaban J connectivity index is 2.17. The maximum absolute atomic E-state index is 5.32. The topological polar surface area (TPSA) is 52.0 Å². The minimum Gasteiger partial charge on any atom is -0.495 e. The zero-order valence-electron chi connectivity index (χ0n) is 12.2. The van der Waals surface area contributed by atoms with Crippen LogP contribution in [0.5, 0.6) is 5.75 Å². The zero-order chi connectivity index (χ0) is 15.4. The van der Waals surface area contributed by atoms with Gasteiger partial charge in [-0.25, -0.2) is 4.68 Å². The molecule has 2 aromatic rings. The van der Waals surface area contributed by atoms with E-state index in [0.717, 1.165) is 32.6 Å². The van der Waals surface area contributed by atoms with Gasteiger partial charge in [0, 0.05) is 17.1 Å². The van der Waals surface area contributed by atoms with E-state index in [-0.39, 0.29) is 0 Å². The monoisotopic (exact) mass is 416 g/mol. The second-order valence-electron chi connectivity index (χ2n) is 5.12. The molecule has 0 aliphatic heterocycles. The SMILES string of the molecule is COc1cc(-n2cc(CNCC(C)C)nn2)c(Br)cc1Br. The summed E-state index contributed by atoms with van der Waals surface area (Å²) in [6.45, 7) is 6.02. The lowest BCUT2D eigenvalue weighted by Crippen LogP contribution is -2.19. The summed E-state index contributed by atoms with van der Waals surface area (Å²) in [5.41, 5.74) is 1.79. The van der Waals surface area contributed by atoms with Gasteiger partial charge in [-0.2, -0.15) is 0 Å². The van der Waals surface area contributed by atoms with Crippen molar-refractivity contribution in [2.45, 2.75) is 20.4 Å². The highest BCUT2D eigenvalue weighted by Crippen LogP contribution is 2.33. The lowest BCUT2D eigenvalue weighted by atomic mass is 10.2. The fourth-order valence-corrected chi connectivity index (χ4v) is 3.17. The van der Waals surface area contributed by atoms with E-state index in [4.69, 9.17) is 4.74 Å². The molecule has 2 rings (SSSR count). The summed E-state index contributed by atoms with van der Waals surface area (Å²) in [6.07, 6.45) is 1.92. The van der Waals surface area contributed by atoms with Gasteiger partial charge in [-0.1, -0.05) is 19.1 Å². The van der Waals surface area contributed by atoms with Crippen LogP contribution in [0.3, 0.4) is 0 Å². The summed E-state index contributed by atoms with van der Waals surface area (Å²) in [5.74, 6) is 1.37. The third-order valence-corrected chi connectivity index (χ3v) is 4.12. The number of ether oxygens (including phenoxy) is 1. The molecule has 5 nitrogen and oxygen atoms in total. The van der Waals surface area contributed by atoms with Gasteiger partial charge in [0.05, 0.1) is 29.2 Å². The number of hydrogen-bond donors (Lipinski definition) is 1. The van der Waals surface area contributed by atoms with Gasteiger partial charge < -0.3 is 10.1 Å². The standard InChI is InChI=1S/C14H18Br2N4O/c1-9(2)6-17-7-10-8-20(19-18-10)13-5-14(21-3)12(16)4-11(13)15/h4-5,8-9,17H,6-7H2,1-3H3. The Morgan fingerprint density at radius 1 is 1.29 bits per heavy atom. The van der Waals surface area contributed by atoms with Crippen molar-refractivity contribution in [3.8, 4) is 11.4 Å². The number of hydrogen-bond acceptors (Lipinski definition) is 4. The fraction of sp³-hybridized carbons (Fsp3) is 0.429. The molecule has 0 unspecified atom stereocenters. The molecule has 0 atom stereocenters. The van der Waals surface area contributed by atoms with Crippen LogP contribution in [0.4, 0.5) is 0 Å². The zero-order valence-corrected chi connectivity index (χ0v) is 15.4. The van der Waals surface area contributed by atoms with Gasteiger partial charge in [0.25, 0.3) is 0 Å². The number of rotatable bonds is 6. The van der Waals surface area contributed by atoms with Gasteiger partial charge in [0.1, 0.15) is 5.75 Å². The normalized spacial score (nSPS) is 11.1. The van der Waals surface area contributed by atoms with Crippen molar-refractivity contribution in [1.29, 1.82) is 0 Å². The molecule has 114 valence electrons. The van der Waals surface area contributed by atoms with E-state index in [2.05, 4.69) is 61.3 Å². The first-order chi connectivity index (χ1) is 10.0. The Morgan fingerprint density at radius 2 is 2.05 bits per heavy atom. The van der Waals surface area contributed by atoms with Crippen LogP contribution in [0.2, 0.25) is 0 Å². The predicted octanol–water partition coefficient (Wildman–Crippen LogP) is 3.55. The Morgan fingerprint density at radius 3 is 2.71 bits per heavy atom. The number of benzene rings is 1. The molecule has 0 bridgehead atoms. The molecule has 0 spiro atoms. The molecule has 1 N–H and O–H groups in total. The van der Waals surface area contributed by atoms with Crippen molar-refractivity contribution >= 4 is 31.9 Å². The van der Waals surface area contributed by atoms with E-state index in [1.807, 2.05) is 18.3 Å². The Labute approximate surface area is 141 Å². The van der Waals surface area contributed by atoms with E-state index >= 15 is 0 Å². The highest BCUT2D eigenvalue weighted by Gasteiger charge is 2.11. The van der Waals surface area contributed by atoms with Crippen LogP contribution in [-0.2, 0) is 6.54 Å². The lowest BCUT2D eigenvalue weighted by molar-refractivity contribution is 0.411. The fourth-order valence-electron chi connectivity index (χ4n) is 1.84. The second kappa shape index (κ2) is 7.38. The van der Waals surface area contributed by atoms with E-state index in [9.17, 15) is 0 Å². The summed E-state index contributed by atoms with van der Waals surface area (Å²) in [5, 5.41) is 11.7. The van der Waals surface area contributed by atoms with E-state index in [0.29, 0.717) is 12.5 Å². The molecule has 0 saturated carbocycles. The molecule has 7 heteroatoms. The molecule has 0 aliphatic carbocycles. The molecule has 21 heavy (non-hydrogen) atoms. The van der Waals surface area contributed by atoms with Gasteiger partial charge in [0.15, 0.2) is 0 Å². The smallest absolute Gasteiger partial charge is 0.135 e. The van der Waals surface area contributed by atoms with Crippen LogP contribution < -0.4 is 10.1 Å². The third kappa shape index (κ3) is 4.28. The van der Waals surface area contributed by atoms with Gasteiger partial charge in [-0.05, 0) is 50.4 Å². The minimum absolute atomic E-state index is 0.616. The van der Waals surface area contributed by atoms with E-state index in [1.54, 1.807) is 11.8 Å². The van der Waals surface area contributed by atoms with Crippen LogP contribution in [0.25, 0.3) is 5.69 Å². The van der Waals surface area contributed by atoms with Crippen molar-refractivity contribution in [3.05, 3.63) is 33.0 Å². The quantitative estimate of drug-likeness (QED) is 0.780. The molecule has 0 fully saturated rings. The van der Waals surface area contributed by atoms with Gasteiger partial charge in [0.2, 0.25) is 0 Å². The molecule has 0 radical (unpaired) electrons. The van der Waals surface area contributed by atoms with E-state index < -0.39 is 0 Å². The molecule has 0 saturated heterocycles. The number of nitrogens with one attached hydrogen (secondary N) is 1. The van der Waals surface area contributed by atoms with Gasteiger partial charge >= 0.3 is 0 Å². The largest absolute Gasteiger partial charge is 0.495 e. The maximum atomic E-state index is 5.32. The molecule has 0 amide bonds. The van der Waals surface area contributed by atoms with Gasteiger partial charge in [-0.3, -0.25) is 0 Å². The maximum Gasteiger partial charge on any atom is 0.135 e. The van der Waals surface area contributed by atoms with Crippen LogP contribution in [0.15, 0.2) is 27.3 Å². The third-order valence-electron chi connectivity index (χ3n) is 2.87. The summed E-state index contributed by atoms with van der Waals surface area (Å²) >= 11 is 6.99. The average molecular weight is 418 g/mol. The molecule has 0 aliphatic rings. The Bertz CT molecular complexity index is 613. The van der Waals surface area contributed by atoms with Crippen LogP contribution in [-0.4, -0.2) is 28.6 Å². The molecule has 1 aromatic heterocycles. The first-order valence-electron chi connectivity index (χ1n) is 6.66. The van der Waals surface area contributed by atoms with E-state index in [1.165, 1.54) is 0 Å². The molecule has 1 heterocycles. The highest BCUT2D eigenvalue weighted by atomic mass is 79.9. The van der Waals surface area contributed by atoms with Crippen molar-refractivity contribution in [2.75, 3.05) is 13.7 Å². The minimum atomic E-state index is 0.616. The summed E-state index contributed by atoms with van der Waals surface area (Å²) in [7, 11) is 1.64. The van der Waals surface area contributed by atoms with Crippen molar-refractivity contribution in [3.63, 3.8) is 0 Å². The summed E-state index contributed by atoms with van der Waals surface area (Å²) < 4.78 is 8.87. The molecule has 1 aromatic carbocycles. The number of nitrogens with zero attached hydrogens (tertiary/aromatic N) is 3.